The molecule has 18 heavy (non-hydrogen) atoms. The van der Waals surface area contributed by atoms with Gasteiger partial charge in [-0.05, 0) is 19.9 Å². The summed E-state index contributed by atoms with van der Waals surface area (Å²) in [7, 11) is 0. The maximum absolute atomic E-state index is 10.8. The highest BCUT2D eigenvalue weighted by molar-refractivity contribution is 5.61. The third-order valence-electron chi connectivity index (χ3n) is 2.27. The van der Waals surface area contributed by atoms with Crippen LogP contribution in [-0.4, -0.2) is 31.0 Å². The maximum atomic E-state index is 10.8. The van der Waals surface area contributed by atoms with E-state index in [0.29, 0.717) is 25.4 Å². The monoisotopic (exact) mass is 254 g/mol. The molecule has 1 aromatic rings. The first-order valence-electron chi connectivity index (χ1n) is 5.89. The average molecular weight is 254 g/mol. The smallest absolute Gasteiger partial charge is 0.292 e. The van der Waals surface area contributed by atoms with Gasteiger partial charge < -0.3 is 14.8 Å². The predicted octanol–water partition coefficient (Wildman–Crippen LogP) is 2.41. The van der Waals surface area contributed by atoms with Gasteiger partial charge in [0, 0.05) is 19.3 Å². The summed E-state index contributed by atoms with van der Waals surface area (Å²) in [6.07, 6.45) is -0.403. The number of nitrogens with one attached hydrogen (secondary N) is 1. The third kappa shape index (κ3) is 4.31. The fourth-order valence-electron chi connectivity index (χ4n) is 1.51. The first-order chi connectivity index (χ1) is 8.69. The Bertz CT molecular complexity index is 378. The molecular weight excluding hydrogens is 236 g/mol. The van der Waals surface area contributed by atoms with Crippen LogP contribution in [0.15, 0.2) is 24.3 Å². The summed E-state index contributed by atoms with van der Waals surface area (Å²) in [6.45, 7) is 5.17. The molecule has 0 spiro atoms. The molecule has 1 aromatic carbocycles. The summed E-state index contributed by atoms with van der Waals surface area (Å²) in [5, 5.41) is 13.8. The van der Waals surface area contributed by atoms with Crippen LogP contribution in [0.3, 0.4) is 0 Å². The molecule has 0 atom stereocenters. The van der Waals surface area contributed by atoms with Crippen LogP contribution in [-0.2, 0) is 9.47 Å². The Kier molecular flexibility index (Phi) is 6.10. The van der Waals surface area contributed by atoms with E-state index in [1.54, 1.807) is 18.2 Å². The SMILES string of the molecule is CCOC(CNc1ccccc1[N+](=O)[O-])OCC. The molecule has 0 saturated carbocycles. The molecule has 0 radical (unpaired) electrons. The van der Waals surface area contributed by atoms with Gasteiger partial charge in [-0.3, -0.25) is 10.1 Å². The van der Waals surface area contributed by atoms with Crippen LogP contribution in [0.1, 0.15) is 13.8 Å². The van der Waals surface area contributed by atoms with Crippen LogP contribution in [0.2, 0.25) is 0 Å². The van der Waals surface area contributed by atoms with Gasteiger partial charge in [0.2, 0.25) is 0 Å². The fourth-order valence-corrected chi connectivity index (χ4v) is 1.51. The van der Waals surface area contributed by atoms with Crippen LogP contribution in [0.4, 0.5) is 11.4 Å². The molecule has 0 heterocycles. The third-order valence-corrected chi connectivity index (χ3v) is 2.27. The second kappa shape index (κ2) is 7.62. The first-order valence-corrected chi connectivity index (χ1v) is 5.89. The molecule has 0 aromatic heterocycles. The summed E-state index contributed by atoms with van der Waals surface area (Å²) in [5.74, 6) is 0. The summed E-state index contributed by atoms with van der Waals surface area (Å²) in [6, 6.07) is 6.49. The topological polar surface area (TPSA) is 73.6 Å². The number of benzene rings is 1. The minimum absolute atomic E-state index is 0.0456. The molecule has 0 unspecified atom stereocenters. The Morgan fingerprint density at radius 1 is 1.28 bits per heavy atom. The van der Waals surface area contributed by atoms with Gasteiger partial charge in [-0.1, -0.05) is 12.1 Å². The lowest BCUT2D eigenvalue weighted by Crippen LogP contribution is -2.26. The minimum atomic E-state index is -0.418. The number of hydrogen-bond acceptors (Lipinski definition) is 5. The lowest BCUT2D eigenvalue weighted by Gasteiger charge is -2.17. The van der Waals surface area contributed by atoms with Crippen molar-refractivity contribution >= 4 is 11.4 Å². The van der Waals surface area contributed by atoms with E-state index < -0.39 is 11.2 Å². The van der Waals surface area contributed by atoms with E-state index >= 15 is 0 Å². The van der Waals surface area contributed by atoms with Crippen LogP contribution in [0.5, 0.6) is 0 Å². The Morgan fingerprint density at radius 2 is 1.89 bits per heavy atom. The molecule has 0 aliphatic heterocycles. The van der Waals surface area contributed by atoms with Gasteiger partial charge in [-0.2, -0.15) is 0 Å². The standard InChI is InChI=1S/C12H18N2O4/c1-3-17-12(18-4-2)9-13-10-7-5-6-8-11(10)14(15)16/h5-8,12-13H,3-4,9H2,1-2H3. The number of nitro groups is 1. The van der Waals surface area contributed by atoms with E-state index in [9.17, 15) is 10.1 Å². The number of nitrogens with zero attached hydrogens (tertiary/aromatic N) is 1. The van der Waals surface area contributed by atoms with Crippen molar-refractivity contribution in [2.24, 2.45) is 0 Å². The first kappa shape index (κ1) is 14.4. The second-order valence-corrected chi connectivity index (χ2v) is 3.50. The van der Waals surface area contributed by atoms with Crippen molar-refractivity contribution in [3.05, 3.63) is 34.4 Å². The molecule has 0 bridgehead atoms. The Balaban J connectivity index is 2.63. The summed E-state index contributed by atoms with van der Waals surface area (Å²) >= 11 is 0. The van der Waals surface area contributed by atoms with Gasteiger partial charge in [-0.25, -0.2) is 0 Å². The van der Waals surface area contributed by atoms with Crippen LogP contribution >= 0.6 is 0 Å². The van der Waals surface area contributed by atoms with Crippen LogP contribution in [0.25, 0.3) is 0 Å². The zero-order valence-electron chi connectivity index (χ0n) is 10.6. The highest BCUT2D eigenvalue weighted by atomic mass is 16.7. The maximum Gasteiger partial charge on any atom is 0.292 e. The van der Waals surface area contributed by atoms with Gasteiger partial charge in [0.1, 0.15) is 5.69 Å². The molecular formula is C12H18N2O4. The lowest BCUT2D eigenvalue weighted by molar-refractivity contribution is -0.384. The van der Waals surface area contributed by atoms with Crippen molar-refractivity contribution in [3.63, 3.8) is 0 Å². The summed E-state index contributed by atoms with van der Waals surface area (Å²) < 4.78 is 10.7. The Hall–Kier alpha value is -1.66. The van der Waals surface area contributed by atoms with Gasteiger partial charge in [0.25, 0.3) is 5.69 Å². The van der Waals surface area contributed by atoms with Gasteiger partial charge in [0.05, 0.1) is 11.5 Å². The molecule has 0 aliphatic rings. The van der Waals surface area contributed by atoms with Crippen molar-refractivity contribution < 1.29 is 14.4 Å². The highest BCUT2D eigenvalue weighted by Gasteiger charge is 2.14. The van der Waals surface area contributed by atoms with Gasteiger partial charge in [-0.15, -0.1) is 0 Å². The summed E-state index contributed by atoms with van der Waals surface area (Å²) in [4.78, 5) is 10.4. The van der Waals surface area contributed by atoms with Gasteiger partial charge in [0.15, 0.2) is 6.29 Å². The molecule has 1 rings (SSSR count). The number of hydrogen-bond donors (Lipinski definition) is 1. The molecule has 0 amide bonds. The van der Waals surface area contributed by atoms with Crippen molar-refractivity contribution in [2.75, 3.05) is 25.1 Å². The van der Waals surface area contributed by atoms with Crippen molar-refractivity contribution in [2.45, 2.75) is 20.1 Å². The van der Waals surface area contributed by atoms with E-state index in [4.69, 9.17) is 9.47 Å². The lowest BCUT2D eigenvalue weighted by atomic mass is 10.2. The minimum Gasteiger partial charge on any atom is -0.374 e. The number of ether oxygens (including phenoxy) is 2. The Labute approximate surface area is 106 Å². The van der Waals surface area contributed by atoms with Crippen molar-refractivity contribution in [3.8, 4) is 0 Å². The number of para-hydroxylation sites is 2. The number of rotatable bonds is 8. The average Bonchev–Trinajstić information content (AvgIpc) is 2.36. The Morgan fingerprint density at radius 3 is 2.44 bits per heavy atom. The second-order valence-electron chi connectivity index (χ2n) is 3.50. The molecule has 0 fully saturated rings. The fraction of sp³-hybridized carbons (Fsp3) is 0.500. The molecule has 100 valence electrons. The van der Waals surface area contributed by atoms with Crippen molar-refractivity contribution in [1.29, 1.82) is 0 Å². The zero-order valence-corrected chi connectivity index (χ0v) is 10.6. The largest absolute Gasteiger partial charge is 0.374 e. The zero-order chi connectivity index (χ0) is 13.4. The molecule has 1 N–H and O–H groups in total. The van der Waals surface area contributed by atoms with Crippen LogP contribution in [0, 0.1) is 10.1 Å². The quantitative estimate of drug-likeness (QED) is 0.438. The van der Waals surface area contributed by atoms with Crippen molar-refractivity contribution in [1.82, 2.24) is 0 Å². The molecule has 6 nitrogen and oxygen atoms in total. The van der Waals surface area contributed by atoms with E-state index in [2.05, 4.69) is 5.32 Å². The van der Waals surface area contributed by atoms with Gasteiger partial charge >= 0.3 is 0 Å². The van der Waals surface area contributed by atoms with E-state index in [0.717, 1.165) is 0 Å². The van der Waals surface area contributed by atoms with E-state index in [1.807, 2.05) is 13.8 Å². The van der Waals surface area contributed by atoms with E-state index in [1.165, 1.54) is 6.07 Å². The number of nitro benzene ring substituents is 1. The molecule has 6 heteroatoms. The highest BCUT2D eigenvalue weighted by Crippen LogP contribution is 2.23. The molecule has 0 aliphatic carbocycles. The molecule has 0 saturated heterocycles. The number of anilines is 1. The normalized spacial score (nSPS) is 10.6. The predicted molar refractivity (Wildman–Crippen MR) is 68.6 cm³/mol. The summed E-state index contributed by atoms with van der Waals surface area (Å²) in [5.41, 5.74) is 0.510. The van der Waals surface area contributed by atoms with Crippen LogP contribution < -0.4 is 5.32 Å². The van der Waals surface area contributed by atoms with E-state index in [-0.39, 0.29) is 5.69 Å².